The van der Waals surface area contributed by atoms with Crippen LogP contribution in [0.1, 0.15) is 39.2 Å². The third-order valence-corrected chi connectivity index (χ3v) is 3.03. The van der Waals surface area contributed by atoms with E-state index in [9.17, 15) is 4.79 Å². The number of fused-ring (bicyclic) bond motifs is 1. The molecule has 1 heterocycles. The topological polar surface area (TPSA) is 58.0 Å². The Kier molecular flexibility index (Phi) is 4.10. The molecule has 4 heteroatoms. The van der Waals surface area contributed by atoms with Gasteiger partial charge in [0, 0.05) is 5.54 Å². The molecule has 1 aromatic heterocycles. The highest BCUT2D eigenvalue weighted by molar-refractivity contribution is 5.72. The van der Waals surface area contributed by atoms with Crippen LogP contribution in [0.5, 0.6) is 0 Å². The Morgan fingerprint density at radius 1 is 1.26 bits per heavy atom. The Bertz CT molecular complexity index is 590. The number of oxazole rings is 1. The van der Waals surface area contributed by atoms with E-state index in [1.165, 1.54) is 5.56 Å². The van der Waals surface area contributed by atoms with Gasteiger partial charge in [-0.15, -0.1) is 0 Å². The molecule has 2 N–H and O–H groups in total. The molecule has 1 aromatic carbocycles. The van der Waals surface area contributed by atoms with Crippen molar-refractivity contribution in [3.63, 3.8) is 0 Å². The normalized spacial score (nSPS) is 12.2. The Morgan fingerprint density at radius 3 is 2.79 bits per heavy atom. The van der Waals surface area contributed by atoms with Gasteiger partial charge in [0.25, 0.3) is 0 Å². The van der Waals surface area contributed by atoms with Crippen LogP contribution in [-0.2, 0) is 6.42 Å². The lowest BCUT2D eigenvalue weighted by Gasteiger charge is -2.20. The predicted molar refractivity (Wildman–Crippen MR) is 77.5 cm³/mol. The molecule has 0 saturated carbocycles. The lowest BCUT2D eigenvalue weighted by atomic mass is 10.1. The molecule has 2 aromatic rings. The van der Waals surface area contributed by atoms with Crippen molar-refractivity contribution in [2.75, 3.05) is 6.54 Å². The van der Waals surface area contributed by atoms with Crippen molar-refractivity contribution >= 4 is 11.1 Å². The second kappa shape index (κ2) is 5.61. The van der Waals surface area contributed by atoms with Crippen LogP contribution < -0.4 is 11.1 Å². The summed E-state index contributed by atoms with van der Waals surface area (Å²) >= 11 is 0. The van der Waals surface area contributed by atoms with Gasteiger partial charge in [-0.1, -0.05) is 6.07 Å². The second-order valence-electron chi connectivity index (χ2n) is 5.98. The molecule has 0 aliphatic carbocycles. The highest BCUT2D eigenvalue weighted by atomic mass is 16.4. The molecule has 0 unspecified atom stereocenters. The first-order valence-electron chi connectivity index (χ1n) is 6.81. The summed E-state index contributed by atoms with van der Waals surface area (Å²) in [6, 6.07) is 5.90. The summed E-state index contributed by atoms with van der Waals surface area (Å²) in [5.41, 5.74) is 2.82. The SMILES string of the molecule is CC(C)(C)NCCCCc1ccc2[nH]c(=O)oc2c1. The van der Waals surface area contributed by atoms with Gasteiger partial charge in [-0.3, -0.25) is 4.98 Å². The quantitative estimate of drug-likeness (QED) is 0.815. The van der Waals surface area contributed by atoms with E-state index < -0.39 is 0 Å². The summed E-state index contributed by atoms with van der Waals surface area (Å²) in [5, 5.41) is 3.48. The smallest absolute Gasteiger partial charge is 0.408 e. The van der Waals surface area contributed by atoms with E-state index in [1.54, 1.807) is 0 Å². The lowest BCUT2D eigenvalue weighted by molar-refractivity contribution is 0.419. The minimum absolute atomic E-state index is 0.188. The number of unbranched alkanes of at least 4 members (excludes halogenated alkanes) is 1. The van der Waals surface area contributed by atoms with E-state index >= 15 is 0 Å². The third-order valence-electron chi connectivity index (χ3n) is 3.03. The first-order valence-corrected chi connectivity index (χ1v) is 6.81. The molecule has 0 aliphatic heterocycles. The van der Waals surface area contributed by atoms with Gasteiger partial charge >= 0.3 is 5.76 Å². The summed E-state index contributed by atoms with van der Waals surface area (Å²) in [4.78, 5) is 13.7. The van der Waals surface area contributed by atoms with E-state index in [4.69, 9.17) is 4.42 Å². The van der Waals surface area contributed by atoms with Crippen molar-refractivity contribution in [3.8, 4) is 0 Å². The average Bonchev–Trinajstić information content (AvgIpc) is 2.66. The number of H-pyrrole nitrogens is 1. The van der Waals surface area contributed by atoms with Crippen molar-refractivity contribution in [3.05, 3.63) is 34.3 Å². The van der Waals surface area contributed by atoms with Crippen molar-refractivity contribution in [1.82, 2.24) is 10.3 Å². The van der Waals surface area contributed by atoms with Gasteiger partial charge in [0.2, 0.25) is 0 Å². The molecule has 0 bridgehead atoms. The Hall–Kier alpha value is -1.55. The van der Waals surface area contributed by atoms with Crippen LogP contribution in [0.2, 0.25) is 0 Å². The molecule has 0 saturated heterocycles. The Balaban J connectivity index is 1.83. The first-order chi connectivity index (χ1) is 8.94. The molecule has 2 rings (SSSR count). The molecule has 0 aliphatic rings. The molecular formula is C15H22N2O2. The summed E-state index contributed by atoms with van der Waals surface area (Å²) in [5.74, 6) is -0.387. The van der Waals surface area contributed by atoms with E-state index in [1.807, 2.05) is 18.2 Å². The van der Waals surface area contributed by atoms with E-state index in [0.29, 0.717) is 5.58 Å². The molecule has 4 nitrogen and oxygen atoms in total. The Morgan fingerprint density at radius 2 is 2.05 bits per heavy atom. The number of hydrogen-bond acceptors (Lipinski definition) is 3. The first kappa shape index (κ1) is 13.9. The minimum atomic E-state index is -0.387. The monoisotopic (exact) mass is 262 g/mol. The lowest BCUT2D eigenvalue weighted by Crippen LogP contribution is -2.36. The van der Waals surface area contributed by atoms with Crippen LogP contribution in [0.15, 0.2) is 27.4 Å². The van der Waals surface area contributed by atoms with Crippen molar-refractivity contribution in [1.29, 1.82) is 0 Å². The second-order valence-corrected chi connectivity index (χ2v) is 5.98. The van der Waals surface area contributed by atoms with Gasteiger partial charge in [0.1, 0.15) is 0 Å². The van der Waals surface area contributed by atoms with Crippen LogP contribution in [-0.4, -0.2) is 17.1 Å². The van der Waals surface area contributed by atoms with Crippen LogP contribution in [0.3, 0.4) is 0 Å². The zero-order valence-electron chi connectivity index (χ0n) is 11.9. The zero-order valence-corrected chi connectivity index (χ0v) is 11.9. The van der Waals surface area contributed by atoms with Crippen LogP contribution in [0.25, 0.3) is 11.1 Å². The van der Waals surface area contributed by atoms with Crippen LogP contribution >= 0.6 is 0 Å². The number of benzene rings is 1. The summed E-state index contributed by atoms with van der Waals surface area (Å²) in [7, 11) is 0. The molecule has 19 heavy (non-hydrogen) atoms. The fraction of sp³-hybridized carbons (Fsp3) is 0.533. The van der Waals surface area contributed by atoms with Crippen molar-refractivity contribution in [2.45, 2.75) is 45.6 Å². The third kappa shape index (κ3) is 4.24. The molecule has 0 spiro atoms. The molecule has 104 valence electrons. The molecule has 0 atom stereocenters. The zero-order chi connectivity index (χ0) is 13.9. The number of hydrogen-bond donors (Lipinski definition) is 2. The van der Waals surface area contributed by atoms with Gasteiger partial charge in [-0.2, -0.15) is 0 Å². The molecule has 0 amide bonds. The van der Waals surface area contributed by atoms with E-state index in [2.05, 4.69) is 31.1 Å². The maximum Gasteiger partial charge on any atom is 0.417 e. The number of aryl methyl sites for hydroxylation is 1. The van der Waals surface area contributed by atoms with Gasteiger partial charge in [0.15, 0.2) is 5.58 Å². The average molecular weight is 262 g/mol. The minimum Gasteiger partial charge on any atom is -0.408 e. The Labute approximate surface area is 113 Å². The fourth-order valence-corrected chi connectivity index (χ4v) is 2.06. The summed E-state index contributed by atoms with van der Waals surface area (Å²) in [6.45, 7) is 7.56. The van der Waals surface area contributed by atoms with Gasteiger partial charge in [-0.05, 0) is 64.3 Å². The highest BCUT2D eigenvalue weighted by Gasteiger charge is 2.07. The number of aromatic amines is 1. The van der Waals surface area contributed by atoms with E-state index in [0.717, 1.165) is 31.3 Å². The number of nitrogens with one attached hydrogen (secondary N) is 2. The van der Waals surface area contributed by atoms with E-state index in [-0.39, 0.29) is 11.3 Å². The standard InChI is InChI=1S/C15H22N2O2/c1-15(2,3)16-9-5-4-6-11-7-8-12-13(10-11)19-14(18)17-12/h7-8,10,16H,4-6,9H2,1-3H3,(H,17,18). The molecular weight excluding hydrogens is 240 g/mol. The van der Waals surface area contributed by atoms with Crippen LogP contribution in [0, 0.1) is 0 Å². The van der Waals surface area contributed by atoms with Gasteiger partial charge < -0.3 is 9.73 Å². The fourth-order valence-electron chi connectivity index (χ4n) is 2.06. The maximum absolute atomic E-state index is 11.1. The molecule has 0 fully saturated rings. The largest absolute Gasteiger partial charge is 0.417 e. The van der Waals surface area contributed by atoms with Gasteiger partial charge in [-0.25, -0.2) is 4.79 Å². The number of aromatic nitrogens is 1. The van der Waals surface area contributed by atoms with Crippen molar-refractivity contribution < 1.29 is 4.42 Å². The summed E-state index contributed by atoms with van der Waals surface area (Å²) < 4.78 is 5.06. The van der Waals surface area contributed by atoms with Gasteiger partial charge in [0.05, 0.1) is 5.52 Å². The number of rotatable bonds is 5. The molecule has 0 radical (unpaired) electrons. The summed E-state index contributed by atoms with van der Waals surface area (Å²) in [6.07, 6.45) is 3.28. The van der Waals surface area contributed by atoms with Crippen molar-refractivity contribution in [2.24, 2.45) is 0 Å². The highest BCUT2D eigenvalue weighted by Crippen LogP contribution is 2.14. The maximum atomic E-state index is 11.1. The predicted octanol–water partition coefficient (Wildman–Crippen LogP) is 2.83. The van der Waals surface area contributed by atoms with Crippen LogP contribution in [0.4, 0.5) is 0 Å².